The van der Waals surface area contributed by atoms with Crippen LogP contribution in [0, 0.1) is 13.8 Å². The number of esters is 1. The van der Waals surface area contributed by atoms with E-state index in [1.807, 2.05) is 38.1 Å². The third kappa shape index (κ3) is 3.93. The second-order valence-electron chi connectivity index (χ2n) is 6.57. The van der Waals surface area contributed by atoms with Crippen LogP contribution in [0.5, 0.6) is 0 Å². The van der Waals surface area contributed by atoms with E-state index in [2.05, 4.69) is 5.32 Å². The summed E-state index contributed by atoms with van der Waals surface area (Å²) >= 11 is 1.50. The van der Waals surface area contributed by atoms with Gasteiger partial charge in [0.25, 0.3) is 5.91 Å². The first-order chi connectivity index (χ1) is 12.0. The van der Waals surface area contributed by atoms with Gasteiger partial charge in [0.1, 0.15) is 4.88 Å². The highest BCUT2D eigenvalue weighted by Gasteiger charge is 2.23. The van der Waals surface area contributed by atoms with Crippen LogP contribution in [0.25, 0.3) is 0 Å². The highest BCUT2D eigenvalue weighted by molar-refractivity contribution is 7.14. The van der Waals surface area contributed by atoms with Gasteiger partial charge in [0.2, 0.25) is 0 Å². The molecule has 0 spiro atoms. The molecule has 0 saturated heterocycles. The topological polar surface area (TPSA) is 55.4 Å². The molecule has 2 aromatic rings. The number of hydrogen-bond acceptors (Lipinski definition) is 4. The number of ether oxygens (including phenoxy) is 1. The SMILES string of the molecule is Cc1cccc(C)c1NC(=O)[C@H](C)OC(=O)c1cc2c(s1)CCCC2. The van der Waals surface area contributed by atoms with Crippen LogP contribution in [-0.4, -0.2) is 18.0 Å². The van der Waals surface area contributed by atoms with Crippen LogP contribution in [0.4, 0.5) is 5.69 Å². The average molecular weight is 357 g/mol. The standard InChI is InChI=1S/C20H23NO3S/c1-12-7-6-8-13(2)18(12)21-19(22)14(3)24-20(23)17-11-15-9-4-5-10-16(15)25-17/h6-8,11,14H,4-5,9-10H2,1-3H3,(H,21,22)/t14-/m0/s1. The van der Waals surface area contributed by atoms with E-state index in [4.69, 9.17) is 4.74 Å². The molecule has 1 aliphatic carbocycles. The molecule has 1 aliphatic rings. The number of hydrogen-bond donors (Lipinski definition) is 1. The number of fused-ring (bicyclic) bond motifs is 1. The summed E-state index contributed by atoms with van der Waals surface area (Å²) in [6, 6.07) is 7.75. The zero-order valence-electron chi connectivity index (χ0n) is 14.8. The Labute approximate surface area is 152 Å². The number of nitrogens with one attached hydrogen (secondary N) is 1. The van der Waals surface area contributed by atoms with Crippen molar-refractivity contribution in [1.82, 2.24) is 0 Å². The van der Waals surface area contributed by atoms with E-state index in [1.165, 1.54) is 34.6 Å². The molecule has 3 rings (SSSR count). The second-order valence-corrected chi connectivity index (χ2v) is 7.71. The minimum atomic E-state index is -0.842. The molecular weight excluding hydrogens is 334 g/mol. The highest BCUT2D eigenvalue weighted by Crippen LogP contribution is 2.30. The van der Waals surface area contributed by atoms with Gasteiger partial charge >= 0.3 is 5.97 Å². The fourth-order valence-electron chi connectivity index (χ4n) is 3.10. The minimum absolute atomic E-state index is 0.313. The van der Waals surface area contributed by atoms with Crippen molar-refractivity contribution in [2.75, 3.05) is 5.32 Å². The normalized spacial score (nSPS) is 14.5. The van der Waals surface area contributed by atoms with Crippen molar-refractivity contribution in [2.24, 2.45) is 0 Å². The number of para-hydroxylation sites is 1. The molecule has 132 valence electrons. The van der Waals surface area contributed by atoms with Crippen LogP contribution in [0.1, 0.15) is 51.0 Å². The number of thiophene rings is 1. The fourth-order valence-corrected chi connectivity index (χ4v) is 4.24. The number of anilines is 1. The van der Waals surface area contributed by atoms with E-state index >= 15 is 0 Å². The van der Waals surface area contributed by atoms with Gasteiger partial charge < -0.3 is 10.1 Å². The lowest BCUT2D eigenvalue weighted by Gasteiger charge is -2.15. The quantitative estimate of drug-likeness (QED) is 0.824. The van der Waals surface area contributed by atoms with Gasteiger partial charge in [-0.2, -0.15) is 0 Å². The number of aryl methyl sites for hydroxylation is 4. The summed E-state index contributed by atoms with van der Waals surface area (Å²) in [5.41, 5.74) is 4.01. The van der Waals surface area contributed by atoms with Crippen LogP contribution in [0.15, 0.2) is 24.3 Å². The van der Waals surface area contributed by atoms with E-state index in [0.29, 0.717) is 4.88 Å². The average Bonchev–Trinajstić information content (AvgIpc) is 3.02. The summed E-state index contributed by atoms with van der Waals surface area (Å²) in [6.45, 7) is 5.49. The maximum Gasteiger partial charge on any atom is 0.349 e. The Bertz CT molecular complexity index is 766. The molecule has 0 bridgehead atoms. The zero-order valence-corrected chi connectivity index (χ0v) is 15.7. The number of carbonyl (C=O) groups is 2. The molecule has 1 heterocycles. The molecule has 1 amide bonds. The molecule has 0 saturated carbocycles. The van der Waals surface area contributed by atoms with Gasteiger partial charge in [-0.15, -0.1) is 11.3 Å². The van der Waals surface area contributed by atoms with Crippen LogP contribution >= 0.6 is 11.3 Å². The third-order valence-corrected chi connectivity index (χ3v) is 5.80. The molecule has 0 aliphatic heterocycles. The molecule has 25 heavy (non-hydrogen) atoms. The Morgan fingerprint density at radius 1 is 1.16 bits per heavy atom. The molecule has 1 atom stereocenters. The smallest absolute Gasteiger partial charge is 0.349 e. The summed E-state index contributed by atoms with van der Waals surface area (Å²) < 4.78 is 5.39. The Morgan fingerprint density at radius 3 is 2.52 bits per heavy atom. The van der Waals surface area contributed by atoms with Gasteiger partial charge in [0.15, 0.2) is 6.10 Å². The van der Waals surface area contributed by atoms with Crippen molar-refractivity contribution in [3.63, 3.8) is 0 Å². The van der Waals surface area contributed by atoms with Crippen molar-refractivity contribution in [3.05, 3.63) is 50.7 Å². The first-order valence-electron chi connectivity index (χ1n) is 8.65. The summed E-state index contributed by atoms with van der Waals surface area (Å²) in [6.07, 6.45) is 3.58. The monoisotopic (exact) mass is 357 g/mol. The van der Waals surface area contributed by atoms with E-state index in [1.54, 1.807) is 6.92 Å². The molecule has 1 N–H and O–H groups in total. The van der Waals surface area contributed by atoms with Gasteiger partial charge in [0, 0.05) is 10.6 Å². The van der Waals surface area contributed by atoms with Crippen LogP contribution < -0.4 is 5.32 Å². The third-order valence-electron chi connectivity index (χ3n) is 4.58. The Morgan fingerprint density at radius 2 is 1.84 bits per heavy atom. The van der Waals surface area contributed by atoms with Gasteiger partial charge in [-0.05, 0) is 69.2 Å². The highest BCUT2D eigenvalue weighted by atomic mass is 32.1. The predicted molar refractivity (Wildman–Crippen MR) is 100 cm³/mol. The molecule has 0 unspecified atom stereocenters. The Hall–Kier alpha value is -2.14. The number of rotatable bonds is 4. The molecular formula is C20H23NO3S. The Balaban J connectivity index is 1.65. The fraction of sp³-hybridized carbons (Fsp3) is 0.400. The lowest BCUT2D eigenvalue weighted by Crippen LogP contribution is -2.30. The number of benzene rings is 1. The summed E-state index contributed by atoms with van der Waals surface area (Å²) in [4.78, 5) is 26.6. The zero-order chi connectivity index (χ0) is 18.0. The maximum absolute atomic E-state index is 12.4. The van der Waals surface area contributed by atoms with Crippen molar-refractivity contribution in [2.45, 2.75) is 52.6 Å². The molecule has 0 fully saturated rings. The van der Waals surface area contributed by atoms with Gasteiger partial charge in [-0.25, -0.2) is 4.79 Å². The first kappa shape index (κ1) is 17.7. The minimum Gasteiger partial charge on any atom is -0.448 e. The Kier molecular flexibility index (Phi) is 5.23. The van der Waals surface area contributed by atoms with E-state index < -0.39 is 12.1 Å². The molecule has 1 aromatic carbocycles. The van der Waals surface area contributed by atoms with Gasteiger partial charge in [-0.1, -0.05) is 18.2 Å². The predicted octanol–water partition coefficient (Wildman–Crippen LogP) is 4.43. The van der Waals surface area contributed by atoms with Crippen LogP contribution in [-0.2, 0) is 22.4 Å². The lowest BCUT2D eigenvalue weighted by atomic mass is 9.99. The summed E-state index contributed by atoms with van der Waals surface area (Å²) in [5.74, 6) is -0.726. The lowest BCUT2D eigenvalue weighted by molar-refractivity contribution is -0.123. The van der Waals surface area contributed by atoms with Crippen molar-refractivity contribution in [3.8, 4) is 0 Å². The largest absolute Gasteiger partial charge is 0.448 e. The van der Waals surface area contributed by atoms with E-state index in [0.717, 1.165) is 29.7 Å². The molecule has 0 radical (unpaired) electrons. The molecule has 5 heteroatoms. The summed E-state index contributed by atoms with van der Waals surface area (Å²) in [5, 5.41) is 2.87. The summed E-state index contributed by atoms with van der Waals surface area (Å²) in [7, 11) is 0. The van der Waals surface area contributed by atoms with Crippen molar-refractivity contribution in [1.29, 1.82) is 0 Å². The number of carbonyl (C=O) groups excluding carboxylic acids is 2. The van der Waals surface area contributed by atoms with Crippen molar-refractivity contribution < 1.29 is 14.3 Å². The van der Waals surface area contributed by atoms with Gasteiger partial charge in [-0.3, -0.25) is 4.79 Å². The maximum atomic E-state index is 12.4. The van der Waals surface area contributed by atoms with Crippen molar-refractivity contribution >= 4 is 28.9 Å². The second kappa shape index (κ2) is 7.40. The van der Waals surface area contributed by atoms with Crippen LogP contribution in [0.2, 0.25) is 0 Å². The van der Waals surface area contributed by atoms with Crippen LogP contribution in [0.3, 0.4) is 0 Å². The van der Waals surface area contributed by atoms with E-state index in [9.17, 15) is 9.59 Å². The number of amides is 1. The van der Waals surface area contributed by atoms with Gasteiger partial charge in [0.05, 0.1) is 0 Å². The van der Waals surface area contributed by atoms with E-state index in [-0.39, 0.29) is 5.91 Å². The first-order valence-corrected chi connectivity index (χ1v) is 9.47. The molecule has 1 aromatic heterocycles. The molecule has 4 nitrogen and oxygen atoms in total.